The summed E-state index contributed by atoms with van der Waals surface area (Å²) in [5.41, 5.74) is 3.46. The fraction of sp³-hybridized carbons (Fsp3) is 0.0714. The van der Waals surface area contributed by atoms with E-state index in [4.69, 9.17) is 5.26 Å². The molecule has 0 aliphatic carbocycles. The molecule has 0 bridgehead atoms. The van der Waals surface area contributed by atoms with Crippen LogP contribution in [0.15, 0.2) is 48.5 Å². The van der Waals surface area contributed by atoms with E-state index in [1.54, 1.807) is 16.8 Å². The zero-order valence-electron chi connectivity index (χ0n) is 10.1. The predicted octanol–water partition coefficient (Wildman–Crippen LogP) is 2.37. The molecule has 1 heterocycles. The summed E-state index contributed by atoms with van der Waals surface area (Å²) in [7, 11) is 0. The molecule has 0 saturated carbocycles. The molecule has 0 saturated heterocycles. The number of rotatable bonds is 3. The minimum atomic E-state index is 0.534. The Morgan fingerprint density at radius 1 is 1.11 bits per heavy atom. The molecule has 0 unspecified atom stereocenters. The van der Waals surface area contributed by atoms with Crippen LogP contribution < -0.4 is 5.32 Å². The second-order valence-corrected chi connectivity index (χ2v) is 4.10. The van der Waals surface area contributed by atoms with Crippen molar-refractivity contribution in [3.63, 3.8) is 0 Å². The second-order valence-electron chi connectivity index (χ2n) is 4.10. The molecule has 0 aliphatic heterocycles. The number of hydrogen-bond donors (Lipinski definition) is 1. The van der Waals surface area contributed by atoms with Crippen molar-refractivity contribution in [2.75, 3.05) is 5.32 Å². The highest BCUT2D eigenvalue weighted by Crippen LogP contribution is 2.12. The maximum Gasteiger partial charge on any atom is 0.113 e. The van der Waals surface area contributed by atoms with Crippen molar-refractivity contribution in [3.8, 4) is 6.07 Å². The lowest BCUT2D eigenvalue weighted by Gasteiger charge is -2.06. The Labute approximate surface area is 110 Å². The maximum atomic E-state index is 8.73. The summed E-state index contributed by atoms with van der Waals surface area (Å²) in [4.78, 5) is 0. The first-order chi connectivity index (χ1) is 9.36. The molecule has 5 heteroatoms. The minimum absolute atomic E-state index is 0.534. The standard InChI is InChI=1S/C14H11N5/c15-9-11-5-7-12(8-6-11)16-10-19-14-4-2-1-3-13(14)17-18-19/h1-8,16H,10H2. The molecule has 1 aromatic heterocycles. The van der Waals surface area contributed by atoms with Gasteiger partial charge in [-0.2, -0.15) is 5.26 Å². The van der Waals surface area contributed by atoms with Crippen molar-refractivity contribution < 1.29 is 0 Å². The van der Waals surface area contributed by atoms with Crippen molar-refractivity contribution in [2.45, 2.75) is 6.67 Å². The molecule has 0 atom stereocenters. The van der Waals surface area contributed by atoms with Gasteiger partial charge in [0.2, 0.25) is 0 Å². The Bertz CT molecular complexity index is 736. The minimum Gasteiger partial charge on any atom is -0.366 e. The van der Waals surface area contributed by atoms with Gasteiger partial charge in [-0.1, -0.05) is 17.3 Å². The second kappa shape index (κ2) is 4.78. The van der Waals surface area contributed by atoms with Crippen LogP contribution in [0.25, 0.3) is 11.0 Å². The molecule has 0 aliphatic rings. The highest BCUT2D eigenvalue weighted by molar-refractivity contribution is 5.73. The molecular formula is C14H11N5. The summed E-state index contributed by atoms with van der Waals surface area (Å²) in [6.07, 6.45) is 0. The fourth-order valence-electron chi connectivity index (χ4n) is 1.86. The highest BCUT2D eigenvalue weighted by Gasteiger charge is 2.02. The number of anilines is 1. The van der Waals surface area contributed by atoms with E-state index in [0.29, 0.717) is 12.2 Å². The summed E-state index contributed by atoms with van der Waals surface area (Å²) in [5, 5.41) is 20.2. The molecule has 0 amide bonds. The molecule has 92 valence electrons. The van der Waals surface area contributed by atoms with Crippen LogP contribution in [-0.2, 0) is 6.67 Å². The van der Waals surface area contributed by atoms with Crippen LogP contribution in [-0.4, -0.2) is 15.0 Å². The van der Waals surface area contributed by atoms with E-state index in [2.05, 4.69) is 21.7 Å². The number of para-hydroxylation sites is 1. The maximum absolute atomic E-state index is 8.73. The molecule has 0 radical (unpaired) electrons. The van der Waals surface area contributed by atoms with Gasteiger partial charge in [0.25, 0.3) is 0 Å². The number of benzene rings is 2. The third kappa shape index (κ3) is 2.24. The first-order valence-corrected chi connectivity index (χ1v) is 5.89. The van der Waals surface area contributed by atoms with Crippen molar-refractivity contribution in [1.82, 2.24) is 15.0 Å². The molecular weight excluding hydrogens is 238 g/mol. The van der Waals surface area contributed by atoms with E-state index in [-0.39, 0.29) is 0 Å². The van der Waals surface area contributed by atoms with Gasteiger partial charge in [0.1, 0.15) is 12.2 Å². The summed E-state index contributed by atoms with van der Waals surface area (Å²) in [6.45, 7) is 0.534. The van der Waals surface area contributed by atoms with Crippen LogP contribution in [0.3, 0.4) is 0 Å². The van der Waals surface area contributed by atoms with Gasteiger partial charge >= 0.3 is 0 Å². The van der Waals surface area contributed by atoms with Gasteiger partial charge in [0.15, 0.2) is 0 Å². The van der Waals surface area contributed by atoms with Crippen molar-refractivity contribution in [1.29, 1.82) is 5.26 Å². The molecule has 2 aromatic carbocycles. The van der Waals surface area contributed by atoms with E-state index >= 15 is 0 Å². The Morgan fingerprint density at radius 2 is 1.89 bits per heavy atom. The molecule has 0 spiro atoms. The Hall–Kier alpha value is -2.87. The topological polar surface area (TPSA) is 66.5 Å². The largest absolute Gasteiger partial charge is 0.366 e. The first kappa shape index (κ1) is 11.2. The van der Waals surface area contributed by atoms with Crippen LogP contribution in [0, 0.1) is 11.3 Å². The molecule has 0 fully saturated rings. The van der Waals surface area contributed by atoms with E-state index in [0.717, 1.165) is 16.7 Å². The summed E-state index contributed by atoms with van der Waals surface area (Å²) in [6, 6.07) is 17.2. The lowest BCUT2D eigenvalue weighted by molar-refractivity contribution is 0.655. The van der Waals surface area contributed by atoms with E-state index in [1.165, 1.54) is 0 Å². The Kier molecular flexibility index (Phi) is 2.83. The van der Waals surface area contributed by atoms with Crippen LogP contribution in [0.1, 0.15) is 5.56 Å². The molecule has 1 N–H and O–H groups in total. The SMILES string of the molecule is N#Cc1ccc(NCn2nnc3ccccc32)cc1. The number of aromatic nitrogens is 3. The molecule has 5 nitrogen and oxygen atoms in total. The van der Waals surface area contributed by atoms with Gasteiger partial charge in [-0.25, -0.2) is 4.68 Å². The fourth-order valence-corrected chi connectivity index (χ4v) is 1.86. The molecule has 3 rings (SSSR count). The van der Waals surface area contributed by atoms with Crippen LogP contribution in [0.2, 0.25) is 0 Å². The van der Waals surface area contributed by atoms with Crippen LogP contribution >= 0.6 is 0 Å². The van der Waals surface area contributed by atoms with Crippen molar-refractivity contribution >= 4 is 16.7 Å². The number of nitrogens with one attached hydrogen (secondary N) is 1. The Balaban J connectivity index is 1.77. The first-order valence-electron chi connectivity index (χ1n) is 5.89. The third-order valence-electron chi connectivity index (χ3n) is 2.87. The number of nitriles is 1. The van der Waals surface area contributed by atoms with Crippen molar-refractivity contribution in [3.05, 3.63) is 54.1 Å². The van der Waals surface area contributed by atoms with Gasteiger partial charge in [0, 0.05) is 5.69 Å². The average Bonchev–Trinajstić information content (AvgIpc) is 2.89. The summed E-state index contributed by atoms with van der Waals surface area (Å²) >= 11 is 0. The molecule has 3 aromatic rings. The van der Waals surface area contributed by atoms with Gasteiger partial charge in [0.05, 0.1) is 17.1 Å². The normalized spacial score (nSPS) is 10.3. The van der Waals surface area contributed by atoms with Crippen LogP contribution in [0.5, 0.6) is 0 Å². The van der Waals surface area contributed by atoms with Gasteiger partial charge in [-0.05, 0) is 36.4 Å². The Morgan fingerprint density at radius 3 is 2.68 bits per heavy atom. The highest BCUT2D eigenvalue weighted by atomic mass is 15.4. The molecule has 19 heavy (non-hydrogen) atoms. The number of hydrogen-bond acceptors (Lipinski definition) is 4. The zero-order chi connectivity index (χ0) is 13.1. The lowest BCUT2D eigenvalue weighted by Crippen LogP contribution is -2.09. The van der Waals surface area contributed by atoms with E-state index in [1.807, 2.05) is 36.4 Å². The quantitative estimate of drug-likeness (QED) is 0.773. The van der Waals surface area contributed by atoms with Crippen LogP contribution in [0.4, 0.5) is 5.69 Å². The van der Waals surface area contributed by atoms with Gasteiger partial charge < -0.3 is 5.32 Å². The van der Waals surface area contributed by atoms with Crippen molar-refractivity contribution in [2.24, 2.45) is 0 Å². The van der Waals surface area contributed by atoms with E-state index < -0.39 is 0 Å². The lowest BCUT2D eigenvalue weighted by atomic mass is 10.2. The smallest absolute Gasteiger partial charge is 0.113 e. The summed E-state index contributed by atoms with van der Waals surface area (Å²) < 4.78 is 1.80. The third-order valence-corrected chi connectivity index (χ3v) is 2.87. The predicted molar refractivity (Wildman–Crippen MR) is 72.3 cm³/mol. The number of nitrogens with zero attached hydrogens (tertiary/aromatic N) is 4. The average molecular weight is 249 g/mol. The zero-order valence-corrected chi connectivity index (χ0v) is 10.1. The number of fused-ring (bicyclic) bond motifs is 1. The van der Waals surface area contributed by atoms with Gasteiger partial charge in [-0.3, -0.25) is 0 Å². The summed E-state index contributed by atoms with van der Waals surface area (Å²) in [5.74, 6) is 0. The monoisotopic (exact) mass is 249 g/mol. The van der Waals surface area contributed by atoms with E-state index in [9.17, 15) is 0 Å². The van der Waals surface area contributed by atoms with Gasteiger partial charge in [-0.15, -0.1) is 5.10 Å².